The molecule has 0 bridgehead atoms. The summed E-state index contributed by atoms with van der Waals surface area (Å²) < 4.78 is 5.58. The van der Waals surface area contributed by atoms with Gasteiger partial charge < -0.3 is 4.74 Å². The van der Waals surface area contributed by atoms with Gasteiger partial charge in [0.15, 0.2) is 0 Å². The highest BCUT2D eigenvalue weighted by Gasteiger charge is 2.46. The van der Waals surface area contributed by atoms with Crippen molar-refractivity contribution in [3.63, 3.8) is 0 Å². The van der Waals surface area contributed by atoms with Crippen molar-refractivity contribution in [1.29, 1.82) is 0 Å². The Bertz CT molecular complexity index is 302. The fraction of sp³-hybridized carbons (Fsp3) is 0.733. The highest BCUT2D eigenvalue weighted by molar-refractivity contribution is 6.18. The Hall–Kier alpha value is -0.270. The minimum absolute atomic E-state index is 0.139. The molecule has 1 saturated heterocycles. The number of allylic oxidation sites excluding steroid dienone is 4. The smallest absolute Gasteiger partial charge is 0.0892 e. The predicted octanol–water partition coefficient (Wildman–Crippen LogP) is 4.86. The maximum Gasteiger partial charge on any atom is 0.0892 e. The molecule has 1 aliphatic heterocycles. The van der Waals surface area contributed by atoms with Gasteiger partial charge in [-0.25, -0.2) is 0 Å². The summed E-state index contributed by atoms with van der Waals surface area (Å²) in [7, 11) is 0. The van der Waals surface area contributed by atoms with Crippen LogP contribution in [0.3, 0.4) is 0 Å². The van der Waals surface area contributed by atoms with E-state index in [2.05, 4.69) is 39.8 Å². The maximum atomic E-state index is 5.65. The summed E-state index contributed by atoms with van der Waals surface area (Å²) in [6.07, 6.45) is 9.48. The standard InChI is InChI=1S/C15H25ClO/c1-12(6-5-7-13(2)10-11-16)8-9-14-15(3,4)17-14/h6,10,14H,5,7-9,11H2,1-4H3/b12-6+,13-10+. The first kappa shape index (κ1) is 14.8. The third-order valence-corrected chi connectivity index (χ3v) is 3.58. The van der Waals surface area contributed by atoms with Crippen LogP contribution in [-0.4, -0.2) is 17.6 Å². The minimum Gasteiger partial charge on any atom is -0.367 e. The van der Waals surface area contributed by atoms with Gasteiger partial charge in [-0.05, 0) is 53.4 Å². The minimum atomic E-state index is 0.139. The number of hydrogen-bond acceptors (Lipinski definition) is 1. The molecule has 0 amide bonds. The molecule has 0 N–H and O–H groups in total. The Morgan fingerprint density at radius 3 is 2.29 bits per heavy atom. The highest BCUT2D eigenvalue weighted by Crippen LogP contribution is 2.38. The molecule has 17 heavy (non-hydrogen) atoms. The van der Waals surface area contributed by atoms with Crippen LogP contribution in [0.1, 0.15) is 53.4 Å². The van der Waals surface area contributed by atoms with Crippen LogP contribution in [0.15, 0.2) is 23.3 Å². The quantitative estimate of drug-likeness (QED) is 0.360. The first-order chi connectivity index (χ1) is 7.95. The fourth-order valence-corrected chi connectivity index (χ4v) is 2.24. The van der Waals surface area contributed by atoms with Gasteiger partial charge in [-0.1, -0.05) is 23.3 Å². The summed E-state index contributed by atoms with van der Waals surface area (Å²) in [5, 5.41) is 0. The number of ether oxygens (including phenoxy) is 1. The van der Waals surface area contributed by atoms with Crippen molar-refractivity contribution in [3.8, 4) is 0 Å². The van der Waals surface area contributed by atoms with E-state index in [0.29, 0.717) is 12.0 Å². The van der Waals surface area contributed by atoms with Gasteiger partial charge in [0.2, 0.25) is 0 Å². The lowest BCUT2D eigenvalue weighted by atomic mass is 10.0. The molecule has 0 aromatic rings. The number of alkyl halides is 1. The molecule has 0 saturated carbocycles. The van der Waals surface area contributed by atoms with Gasteiger partial charge in [-0.2, -0.15) is 0 Å². The van der Waals surface area contributed by atoms with Crippen LogP contribution >= 0.6 is 11.6 Å². The lowest BCUT2D eigenvalue weighted by Gasteiger charge is -2.01. The molecule has 1 aliphatic rings. The predicted molar refractivity (Wildman–Crippen MR) is 75.7 cm³/mol. The molecular formula is C15H25ClO. The number of hydrogen-bond donors (Lipinski definition) is 0. The van der Waals surface area contributed by atoms with Crippen molar-refractivity contribution in [1.82, 2.24) is 0 Å². The summed E-state index contributed by atoms with van der Waals surface area (Å²) in [6.45, 7) is 8.69. The third kappa shape index (κ3) is 5.74. The van der Waals surface area contributed by atoms with Gasteiger partial charge in [0.25, 0.3) is 0 Å². The van der Waals surface area contributed by atoms with Crippen molar-refractivity contribution in [3.05, 3.63) is 23.3 Å². The molecule has 1 atom stereocenters. The average molecular weight is 257 g/mol. The third-order valence-electron chi connectivity index (χ3n) is 3.42. The van der Waals surface area contributed by atoms with E-state index in [1.165, 1.54) is 11.1 Å². The zero-order chi connectivity index (χ0) is 12.9. The Labute approximate surface area is 111 Å². The normalized spacial score (nSPS) is 23.9. The first-order valence-electron chi connectivity index (χ1n) is 6.50. The highest BCUT2D eigenvalue weighted by atomic mass is 35.5. The average Bonchev–Trinajstić information content (AvgIpc) is 2.84. The van der Waals surface area contributed by atoms with Crippen LogP contribution in [0.4, 0.5) is 0 Å². The van der Waals surface area contributed by atoms with Gasteiger partial charge >= 0.3 is 0 Å². The lowest BCUT2D eigenvalue weighted by molar-refractivity contribution is 0.320. The molecule has 0 radical (unpaired) electrons. The van der Waals surface area contributed by atoms with Crippen molar-refractivity contribution < 1.29 is 4.74 Å². The molecule has 0 aromatic heterocycles. The van der Waals surface area contributed by atoms with Gasteiger partial charge in [0.1, 0.15) is 0 Å². The van der Waals surface area contributed by atoms with Crippen LogP contribution in [0.2, 0.25) is 0 Å². The Balaban J connectivity index is 2.15. The van der Waals surface area contributed by atoms with Crippen molar-refractivity contribution >= 4 is 11.6 Å². The number of halogens is 1. The van der Waals surface area contributed by atoms with Gasteiger partial charge in [0, 0.05) is 5.88 Å². The van der Waals surface area contributed by atoms with Crippen molar-refractivity contribution in [2.45, 2.75) is 65.1 Å². The zero-order valence-electron chi connectivity index (χ0n) is 11.6. The SMILES string of the molecule is C/C(=C\CCl)CC/C=C(\C)CCC1OC1(C)C. The van der Waals surface area contributed by atoms with E-state index < -0.39 is 0 Å². The second-order valence-corrected chi connectivity index (χ2v) is 5.85. The largest absolute Gasteiger partial charge is 0.367 e. The van der Waals surface area contributed by atoms with Crippen LogP contribution in [0, 0.1) is 0 Å². The van der Waals surface area contributed by atoms with Crippen LogP contribution in [0.5, 0.6) is 0 Å². The summed E-state index contributed by atoms with van der Waals surface area (Å²) in [5.74, 6) is 0.628. The van der Waals surface area contributed by atoms with Crippen LogP contribution in [0.25, 0.3) is 0 Å². The van der Waals surface area contributed by atoms with E-state index in [1.807, 2.05) is 0 Å². The molecule has 2 heteroatoms. The Kier molecular flexibility index (Phi) is 5.75. The molecule has 0 aliphatic carbocycles. The molecule has 98 valence electrons. The Morgan fingerprint density at radius 2 is 1.76 bits per heavy atom. The number of epoxide rings is 1. The monoisotopic (exact) mass is 256 g/mol. The van der Waals surface area contributed by atoms with Gasteiger partial charge in [-0.15, -0.1) is 11.6 Å². The Morgan fingerprint density at radius 1 is 1.18 bits per heavy atom. The van der Waals surface area contributed by atoms with Crippen molar-refractivity contribution in [2.24, 2.45) is 0 Å². The molecule has 1 unspecified atom stereocenters. The van der Waals surface area contributed by atoms with Gasteiger partial charge in [-0.3, -0.25) is 0 Å². The summed E-state index contributed by atoms with van der Waals surface area (Å²) in [6, 6.07) is 0. The van der Waals surface area contributed by atoms with Crippen LogP contribution in [-0.2, 0) is 4.74 Å². The van der Waals surface area contributed by atoms with Gasteiger partial charge in [0.05, 0.1) is 11.7 Å². The summed E-state index contributed by atoms with van der Waals surface area (Å²) in [5.41, 5.74) is 3.01. The topological polar surface area (TPSA) is 12.5 Å². The second-order valence-electron chi connectivity index (χ2n) is 5.54. The molecule has 1 nitrogen and oxygen atoms in total. The number of rotatable bonds is 7. The fourth-order valence-electron chi connectivity index (χ4n) is 1.98. The zero-order valence-corrected chi connectivity index (χ0v) is 12.3. The van der Waals surface area contributed by atoms with E-state index in [4.69, 9.17) is 16.3 Å². The van der Waals surface area contributed by atoms with E-state index in [0.717, 1.165) is 25.7 Å². The second kappa shape index (κ2) is 6.61. The van der Waals surface area contributed by atoms with E-state index in [-0.39, 0.29) is 5.60 Å². The molecule has 0 aromatic carbocycles. The molecule has 1 rings (SSSR count). The maximum absolute atomic E-state index is 5.65. The van der Waals surface area contributed by atoms with E-state index in [1.54, 1.807) is 0 Å². The molecule has 0 spiro atoms. The first-order valence-corrected chi connectivity index (χ1v) is 7.04. The molecule has 1 heterocycles. The van der Waals surface area contributed by atoms with Crippen LogP contribution < -0.4 is 0 Å². The van der Waals surface area contributed by atoms with E-state index >= 15 is 0 Å². The summed E-state index contributed by atoms with van der Waals surface area (Å²) in [4.78, 5) is 0. The van der Waals surface area contributed by atoms with Crippen molar-refractivity contribution in [2.75, 3.05) is 5.88 Å². The summed E-state index contributed by atoms with van der Waals surface area (Å²) >= 11 is 5.65. The van der Waals surface area contributed by atoms with E-state index in [9.17, 15) is 0 Å². The lowest BCUT2D eigenvalue weighted by Crippen LogP contribution is -2.02. The molecule has 1 fully saturated rings. The molecular weight excluding hydrogens is 232 g/mol.